The van der Waals surface area contributed by atoms with E-state index in [-0.39, 0.29) is 17.6 Å². The Morgan fingerprint density at radius 2 is 2.00 bits per heavy atom. The quantitative estimate of drug-likeness (QED) is 0.137. The third-order valence-corrected chi connectivity index (χ3v) is 2.93. The van der Waals surface area contributed by atoms with E-state index in [9.17, 15) is 14.9 Å². The number of nitrogens with two attached hydrogens (primary N) is 2. The third-order valence-electron chi connectivity index (χ3n) is 2.93. The van der Waals surface area contributed by atoms with Gasteiger partial charge in [0.05, 0.1) is 6.04 Å². The van der Waals surface area contributed by atoms with Crippen LogP contribution in [0.1, 0.15) is 18.4 Å². The van der Waals surface area contributed by atoms with Gasteiger partial charge in [-0.1, -0.05) is 12.1 Å². The van der Waals surface area contributed by atoms with E-state index in [0.717, 1.165) is 5.56 Å². The summed E-state index contributed by atoms with van der Waals surface area (Å²) in [6, 6.07) is 5.77. The molecular weight excluding hydrogens is 304 g/mol. The maximum Gasteiger partial charge on any atom is 0.266 e. The van der Waals surface area contributed by atoms with Crippen molar-refractivity contribution >= 4 is 11.9 Å². The van der Waals surface area contributed by atoms with Crippen molar-refractivity contribution in [2.24, 2.45) is 16.6 Å². The molecule has 0 fully saturated rings. The first kappa shape index (κ1) is 18.2. The molecule has 0 aliphatic rings. The van der Waals surface area contributed by atoms with Crippen molar-refractivity contribution in [2.45, 2.75) is 25.4 Å². The van der Waals surface area contributed by atoms with Crippen LogP contribution in [0.15, 0.2) is 29.4 Å². The number of guanidine groups is 1. The molecule has 0 aliphatic carbocycles. The molecule has 10 nitrogen and oxygen atoms in total. The van der Waals surface area contributed by atoms with Crippen molar-refractivity contribution in [1.29, 1.82) is 0 Å². The third kappa shape index (κ3) is 7.62. The van der Waals surface area contributed by atoms with E-state index in [1.54, 1.807) is 12.1 Å². The molecule has 1 rings (SSSR count). The minimum absolute atomic E-state index is 0.157. The molecule has 0 saturated heterocycles. The minimum atomic E-state index is -0.898. The van der Waals surface area contributed by atoms with Gasteiger partial charge in [0.1, 0.15) is 10.9 Å². The summed E-state index contributed by atoms with van der Waals surface area (Å²) in [5.74, 6) is -0.436. The Labute approximate surface area is 132 Å². The van der Waals surface area contributed by atoms with Gasteiger partial charge in [0.2, 0.25) is 5.91 Å². The Morgan fingerprint density at radius 3 is 2.61 bits per heavy atom. The van der Waals surface area contributed by atoms with E-state index in [0.29, 0.717) is 25.9 Å². The second-order valence-corrected chi connectivity index (χ2v) is 4.78. The van der Waals surface area contributed by atoms with Crippen molar-refractivity contribution in [3.63, 3.8) is 0 Å². The highest BCUT2D eigenvalue weighted by Crippen LogP contribution is 2.09. The van der Waals surface area contributed by atoms with Gasteiger partial charge in [0.15, 0.2) is 5.03 Å². The number of nitro groups is 1. The number of carbonyl (C=O) groups is 1. The maximum absolute atomic E-state index is 11.8. The topological polar surface area (TPSA) is 169 Å². The van der Waals surface area contributed by atoms with Crippen LogP contribution in [-0.4, -0.2) is 34.6 Å². The van der Waals surface area contributed by atoms with Gasteiger partial charge in [0.25, 0.3) is 5.96 Å². The largest absolute Gasteiger partial charge is 0.508 e. The van der Waals surface area contributed by atoms with Gasteiger partial charge >= 0.3 is 0 Å². The number of nitrogens with zero attached hydrogens (tertiary/aromatic N) is 2. The molecule has 7 N–H and O–H groups in total. The van der Waals surface area contributed by atoms with Gasteiger partial charge in [-0.3, -0.25) is 4.79 Å². The van der Waals surface area contributed by atoms with Crippen LogP contribution < -0.4 is 22.1 Å². The molecule has 0 aliphatic heterocycles. The van der Waals surface area contributed by atoms with Gasteiger partial charge in [-0.2, -0.15) is 0 Å². The highest BCUT2D eigenvalue weighted by molar-refractivity contribution is 5.81. The zero-order chi connectivity index (χ0) is 17.2. The van der Waals surface area contributed by atoms with Gasteiger partial charge in [0, 0.05) is 13.1 Å². The highest BCUT2D eigenvalue weighted by atomic mass is 16.7. The van der Waals surface area contributed by atoms with Crippen LogP contribution in [0.3, 0.4) is 0 Å². The number of phenols is 1. The first-order chi connectivity index (χ1) is 10.9. The SMILES string of the molecule is N/C(=N/[N+](=O)[O-])NCCC[C@@H](N)C(=O)NCc1ccc(O)cc1. The number of benzene rings is 1. The fraction of sp³-hybridized carbons (Fsp3) is 0.385. The Kier molecular flexibility index (Phi) is 7.27. The van der Waals surface area contributed by atoms with Gasteiger partial charge in [-0.05, 0) is 30.5 Å². The molecule has 0 radical (unpaired) electrons. The number of rotatable bonds is 8. The van der Waals surface area contributed by atoms with E-state index >= 15 is 0 Å². The molecule has 1 aromatic rings. The van der Waals surface area contributed by atoms with E-state index in [4.69, 9.17) is 16.6 Å². The van der Waals surface area contributed by atoms with Crippen LogP contribution >= 0.6 is 0 Å². The Hall–Kier alpha value is -2.88. The van der Waals surface area contributed by atoms with Crippen LogP contribution in [0.25, 0.3) is 0 Å². The molecular formula is C13H20N6O4. The van der Waals surface area contributed by atoms with Crippen LogP contribution in [0.4, 0.5) is 0 Å². The van der Waals surface area contributed by atoms with E-state index in [1.165, 1.54) is 12.1 Å². The molecule has 0 aromatic heterocycles. The predicted octanol–water partition coefficient (Wildman–Crippen LogP) is -0.788. The van der Waals surface area contributed by atoms with Gasteiger partial charge in [-0.15, -0.1) is 0 Å². The lowest BCUT2D eigenvalue weighted by molar-refractivity contribution is -0.485. The maximum atomic E-state index is 11.8. The van der Waals surface area contributed by atoms with Crippen molar-refractivity contribution in [3.05, 3.63) is 39.9 Å². The van der Waals surface area contributed by atoms with Crippen LogP contribution in [0.2, 0.25) is 0 Å². The number of carbonyl (C=O) groups excluding carboxylic acids is 1. The number of hydrogen-bond donors (Lipinski definition) is 5. The Morgan fingerprint density at radius 1 is 1.35 bits per heavy atom. The van der Waals surface area contributed by atoms with E-state index in [2.05, 4.69) is 15.7 Å². The monoisotopic (exact) mass is 324 g/mol. The standard InChI is InChI=1S/C13H20N6O4/c14-11(2-1-7-16-13(15)18-19(22)23)12(21)17-8-9-3-5-10(20)6-4-9/h3-6,11,20H,1-2,7-8,14H2,(H,17,21)(H3,15,16,18)/t11-/m1/s1. The number of aromatic hydroxyl groups is 1. The average molecular weight is 324 g/mol. The summed E-state index contributed by atoms with van der Waals surface area (Å²) in [4.78, 5) is 21.9. The lowest BCUT2D eigenvalue weighted by atomic mass is 10.1. The summed E-state index contributed by atoms with van der Waals surface area (Å²) in [5, 5.41) is 26.4. The average Bonchev–Trinajstić information content (AvgIpc) is 2.49. The second-order valence-electron chi connectivity index (χ2n) is 4.78. The van der Waals surface area contributed by atoms with Crippen molar-refractivity contribution in [3.8, 4) is 5.75 Å². The van der Waals surface area contributed by atoms with Crippen LogP contribution in [-0.2, 0) is 11.3 Å². The van der Waals surface area contributed by atoms with Gasteiger partial charge < -0.3 is 27.2 Å². The fourth-order valence-electron chi connectivity index (χ4n) is 1.73. The lowest BCUT2D eigenvalue weighted by Gasteiger charge is -2.12. The van der Waals surface area contributed by atoms with Gasteiger partial charge in [-0.25, -0.2) is 10.1 Å². The zero-order valence-electron chi connectivity index (χ0n) is 12.4. The van der Waals surface area contributed by atoms with Crippen molar-refractivity contribution in [1.82, 2.24) is 10.6 Å². The molecule has 0 bridgehead atoms. The van der Waals surface area contributed by atoms with Crippen LogP contribution in [0, 0.1) is 10.1 Å². The number of hydrogen-bond acceptors (Lipinski definition) is 5. The number of hydrazone groups is 1. The summed E-state index contributed by atoms with van der Waals surface area (Å²) in [7, 11) is 0. The zero-order valence-corrected chi connectivity index (χ0v) is 12.4. The highest BCUT2D eigenvalue weighted by Gasteiger charge is 2.12. The molecule has 126 valence electrons. The predicted molar refractivity (Wildman–Crippen MR) is 83.8 cm³/mol. The number of amides is 1. The van der Waals surface area contributed by atoms with E-state index in [1.807, 2.05) is 0 Å². The first-order valence-corrected chi connectivity index (χ1v) is 6.92. The minimum Gasteiger partial charge on any atom is -0.508 e. The molecule has 1 atom stereocenters. The van der Waals surface area contributed by atoms with Crippen molar-refractivity contribution in [2.75, 3.05) is 6.54 Å². The lowest BCUT2D eigenvalue weighted by Crippen LogP contribution is -2.41. The molecule has 1 aromatic carbocycles. The van der Waals surface area contributed by atoms with Crippen LogP contribution in [0.5, 0.6) is 5.75 Å². The molecule has 0 spiro atoms. The molecule has 0 heterocycles. The normalized spacial score (nSPS) is 12.5. The summed E-state index contributed by atoms with van der Waals surface area (Å²) in [6.07, 6.45) is 0.891. The first-order valence-electron chi connectivity index (χ1n) is 6.92. The second kappa shape index (κ2) is 9.20. The summed E-state index contributed by atoms with van der Waals surface area (Å²) < 4.78 is 0. The number of nitrogens with one attached hydrogen (secondary N) is 2. The number of phenolic OH excluding ortho intramolecular Hbond substituents is 1. The smallest absolute Gasteiger partial charge is 0.266 e. The molecule has 0 saturated carbocycles. The molecule has 10 heteroatoms. The van der Waals surface area contributed by atoms with E-state index < -0.39 is 11.1 Å². The molecule has 0 unspecified atom stereocenters. The Bertz CT molecular complexity index is 560. The molecule has 23 heavy (non-hydrogen) atoms. The summed E-state index contributed by atoms with van der Waals surface area (Å²) in [5.41, 5.74) is 11.8. The Balaban J connectivity index is 2.23. The van der Waals surface area contributed by atoms with Crippen molar-refractivity contribution < 1.29 is 14.9 Å². The molecule has 1 amide bonds. The fourth-order valence-corrected chi connectivity index (χ4v) is 1.73. The summed E-state index contributed by atoms with van der Waals surface area (Å²) >= 11 is 0. The summed E-state index contributed by atoms with van der Waals surface area (Å²) in [6.45, 7) is 0.635.